The zero-order valence-electron chi connectivity index (χ0n) is 35.0. The van der Waals surface area contributed by atoms with Crippen LogP contribution in [-0.4, -0.2) is 61.6 Å². The highest BCUT2D eigenvalue weighted by molar-refractivity contribution is 5.81. The van der Waals surface area contributed by atoms with Crippen LogP contribution in [0.2, 0.25) is 0 Å². The van der Waals surface area contributed by atoms with Gasteiger partial charge in [-0.15, -0.1) is 0 Å². The van der Waals surface area contributed by atoms with E-state index in [9.17, 15) is 14.4 Å². The van der Waals surface area contributed by atoms with Crippen LogP contribution in [-0.2, 0) is 23.9 Å². The fraction of sp³-hybridized carbons (Fsp3) is 0.761. The molecule has 0 aromatic carbocycles. The molecule has 0 heterocycles. The van der Waals surface area contributed by atoms with Crippen LogP contribution < -0.4 is 11.5 Å². The maximum Gasteiger partial charge on any atom is 0.305 e. The van der Waals surface area contributed by atoms with Crippen molar-refractivity contribution < 1.29 is 23.9 Å². The highest BCUT2D eigenvalue weighted by atomic mass is 16.5. The van der Waals surface area contributed by atoms with Crippen LogP contribution in [0, 0.1) is 0 Å². The van der Waals surface area contributed by atoms with E-state index >= 15 is 0 Å². The molecule has 0 aliphatic carbocycles. The Morgan fingerprint density at radius 2 is 0.907 bits per heavy atom. The van der Waals surface area contributed by atoms with E-state index < -0.39 is 6.04 Å². The Balaban J connectivity index is 4.21. The molecule has 0 saturated heterocycles. The molecule has 0 radical (unpaired) electrons. The Morgan fingerprint density at radius 1 is 0.519 bits per heavy atom. The zero-order chi connectivity index (χ0) is 39.6. The third-order valence-electron chi connectivity index (χ3n) is 9.51. The SMILES string of the molecule is CCCCCC=CCC=CCCCCCCCC(=O)OCCN(CCOC(=O)CCCCCCCC=CCC=CCCCCC)C(=O)[C@@H](N)CCCCN. The van der Waals surface area contributed by atoms with Gasteiger partial charge in [0.05, 0.1) is 19.1 Å². The molecule has 0 aromatic heterocycles. The molecule has 0 spiro atoms. The first-order valence-electron chi connectivity index (χ1n) is 22.1. The van der Waals surface area contributed by atoms with Crippen LogP contribution in [0.5, 0.6) is 0 Å². The maximum absolute atomic E-state index is 13.1. The molecule has 0 rings (SSSR count). The standard InChI is InChI=1S/C46H83N3O5/c1-3-5-7-9-11-13-15-17-19-21-23-25-27-29-31-36-44(50)53-41-39-49(46(52)43(48)35-33-34-38-47)40-42-54-45(51)37-32-30-28-26-24-22-20-18-16-14-12-10-8-6-4-2/h11-14,17-20,43H,3-10,15-16,21-42,47-48H2,1-2H3/t43-/m0/s1. The van der Waals surface area contributed by atoms with E-state index in [1.54, 1.807) is 4.90 Å². The maximum atomic E-state index is 13.1. The predicted octanol–water partition coefficient (Wildman–Crippen LogP) is 11.0. The predicted molar refractivity (Wildman–Crippen MR) is 228 cm³/mol. The number of esters is 2. The zero-order valence-corrected chi connectivity index (χ0v) is 35.0. The molecule has 0 unspecified atom stereocenters. The summed E-state index contributed by atoms with van der Waals surface area (Å²) < 4.78 is 10.9. The van der Waals surface area contributed by atoms with Gasteiger partial charge in [0.15, 0.2) is 0 Å². The number of hydrogen-bond donors (Lipinski definition) is 2. The summed E-state index contributed by atoms with van der Waals surface area (Å²) in [5.41, 5.74) is 11.8. The summed E-state index contributed by atoms with van der Waals surface area (Å²) in [5.74, 6) is -0.713. The second-order valence-electron chi connectivity index (χ2n) is 14.6. The summed E-state index contributed by atoms with van der Waals surface area (Å²) >= 11 is 0. The Kier molecular flexibility index (Phi) is 39.4. The summed E-state index contributed by atoms with van der Waals surface area (Å²) in [5, 5.41) is 0. The second kappa shape index (κ2) is 41.5. The van der Waals surface area contributed by atoms with Crippen molar-refractivity contribution in [3.8, 4) is 0 Å². The molecule has 0 bridgehead atoms. The lowest BCUT2D eigenvalue weighted by atomic mass is 10.1. The second-order valence-corrected chi connectivity index (χ2v) is 14.6. The van der Waals surface area contributed by atoms with Gasteiger partial charge in [-0.25, -0.2) is 0 Å². The monoisotopic (exact) mass is 758 g/mol. The van der Waals surface area contributed by atoms with E-state index in [-0.39, 0.29) is 44.1 Å². The number of amides is 1. The molecule has 4 N–H and O–H groups in total. The van der Waals surface area contributed by atoms with Crippen LogP contribution in [0.25, 0.3) is 0 Å². The normalized spacial score (nSPS) is 12.4. The van der Waals surface area contributed by atoms with Crippen molar-refractivity contribution >= 4 is 17.8 Å². The highest BCUT2D eigenvalue weighted by Gasteiger charge is 2.21. The number of allylic oxidation sites excluding steroid dienone is 8. The van der Waals surface area contributed by atoms with Gasteiger partial charge in [-0.05, 0) is 96.4 Å². The van der Waals surface area contributed by atoms with Gasteiger partial charge >= 0.3 is 11.9 Å². The quantitative estimate of drug-likeness (QED) is 0.0363. The largest absolute Gasteiger partial charge is 0.464 e. The lowest BCUT2D eigenvalue weighted by molar-refractivity contribution is -0.148. The summed E-state index contributed by atoms with van der Waals surface area (Å²) in [6.45, 7) is 5.66. The Labute approximate surface area is 332 Å². The molecule has 8 nitrogen and oxygen atoms in total. The minimum atomic E-state index is -0.664. The van der Waals surface area contributed by atoms with Gasteiger partial charge in [-0.1, -0.05) is 133 Å². The fourth-order valence-electron chi connectivity index (χ4n) is 6.04. The van der Waals surface area contributed by atoms with Crippen molar-refractivity contribution in [3.05, 3.63) is 48.6 Å². The number of nitrogens with zero attached hydrogens (tertiary/aromatic N) is 1. The molecule has 0 fully saturated rings. The smallest absolute Gasteiger partial charge is 0.305 e. The Morgan fingerprint density at radius 3 is 1.31 bits per heavy atom. The molecule has 8 heteroatoms. The van der Waals surface area contributed by atoms with Crippen LogP contribution in [0.4, 0.5) is 0 Å². The van der Waals surface area contributed by atoms with Crippen LogP contribution in [0.3, 0.4) is 0 Å². The van der Waals surface area contributed by atoms with Crippen molar-refractivity contribution in [3.63, 3.8) is 0 Å². The lowest BCUT2D eigenvalue weighted by Crippen LogP contribution is -2.46. The number of unbranched alkanes of at least 4 members (excludes halogenated alkanes) is 17. The van der Waals surface area contributed by atoms with Crippen LogP contribution in [0.1, 0.15) is 187 Å². The third kappa shape index (κ3) is 36.3. The number of carbonyl (C=O) groups excluding carboxylic acids is 3. The number of ether oxygens (including phenoxy) is 2. The highest BCUT2D eigenvalue weighted by Crippen LogP contribution is 2.11. The van der Waals surface area contributed by atoms with E-state index in [1.807, 2.05) is 0 Å². The van der Waals surface area contributed by atoms with Gasteiger partial charge in [0.25, 0.3) is 0 Å². The van der Waals surface area contributed by atoms with Gasteiger partial charge in [-0.2, -0.15) is 0 Å². The summed E-state index contributed by atoms with van der Waals surface area (Å²) in [7, 11) is 0. The molecule has 54 heavy (non-hydrogen) atoms. The molecule has 312 valence electrons. The van der Waals surface area contributed by atoms with Crippen LogP contribution in [0.15, 0.2) is 48.6 Å². The van der Waals surface area contributed by atoms with E-state index in [0.29, 0.717) is 25.8 Å². The molecule has 0 aliphatic rings. The van der Waals surface area contributed by atoms with Crippen molar-refractivity contribution in [2.24, 2.45) is 11.5 Å². The average Bonchev–Trinajstić information content (AvgIpc) is 3.17. The first kappa shape index (κ1) is 51.3. The van der Waals surface area contributed by atoms with Crippen molar-refractivity contribution in [2.45, 2.75) is 193 Å². The molecule has 0 saturated carbocycles. The van der Waals surface area contributed by atoms with E-state index in [4.69, 9.17) is 20.9 Å². The van der Waals surface area contributed by atoms with Crippen molar-refractivity contribution in [1.29, 1.82) is 0 Å². The summed E-state index contributed by atoms with van der Waals surface area (Å²) in [6.07, 6.45) is 45.9. The minimum absolute atomic E-state index is 0.0975. The summed E-state index contributed by atoms with van der Waals surface area (Å²) in [4.78, 5) is 39.4. The van der Waals surface area contributed by atoms with E-state index in [2.05, 4.69) is 62.5 Å². The number of nitrogens with two attached hydrogens (primary N) is 2. The average molecular weight is 758 g/mol. The third-order valence-corrected chi connectivity index (χ3v) is 9.51. The van der Waals surface area contributed by atoms with E-state index in [1.165, 1.54) is 64.2 Å². The molecule has 0 aromatic rings. The van der Waals surface area contributed by atoms with Gasteiger partial charge in [0, 0.05) is 12.8 Å². The topological polar surface area (TPSA) is 125 Å². The number of hydrogen-bond acceptors (Lipinski definition) is 7. The molecule has 1 atom stereocenters. The van der Waals surface area contributed by atoms with E-state index in [0.717, 1.165) is 89.9 Å². The molecular formula is C46H83N3O5. The first-order valence-corrected chi connectivity index (χ1v) is 22.1. The minimum Gasteiger partial charge on any atom is -0.464 e. The van der Waals surface area contributed by atoms with Gasteiger partial charge < -0.3 is 25.8 Å². The van der Waals surface area contributed by atoms with Crippen LogP contribution >= 0.6 is 0 Å². The van der Waals surface area contributed by atoms with Crippen molar-refractivity contribution in [2.75, 3.05) is 32.8 Å². The fourth-order valence-corrected chi connectivity index (χ4v) is 6.04. The van der Waals surface area contributed by atoms with Crippen molar-refractivity contribution in [1.82, 2.24) is 4.90 Å². The van der Waals surface area contributed by atoms with Gasteiger partial charge in [0.1, 0.15) is 13.2 Å². The number of rotatable bonds is 39. The summed E-state index contributed by atoms with van der Waals surface area (Å²) in [6, 6.07) is -0.664. The Hall–Kier alpha value is -2.71. The molecular weight excluding hydrogens is 675 g/mol. The number of carbonyl (C=O) groups is 3. The first-order chi connectivity index (χ1) is 26.5. The lowest BCUT2D eigenvalue weighted by Gasteiger charge is -2.25. The Bertz CT molecular complexity index is 929. The van der Waals surface area contributed by atoms with Gasteiger partial charge in [0.2, 0.25) is 5.91 Å². The van der Waals surface area contributed by atoms with Gasteiger partial charge in [-0.3, -0.25) is 14.4 Å². The molecule has 1 amide bonds. The molecule has 0 aliphatic heterocycles.